The van der Waals surface area contributed by atoms with Crippen LogP contribution in [0, 0.1) is 12.8 Å². The smallest absolute Gasteiger partial charge is 0.276 e. The van der Waals surface area contributed by atoms with Gasteiger partial charge >= 0.3 is 0 Å². The first-order chi connectivity index (χ1) is 10.6. The Morgan fingerprint density at radius 1 is 1.32 bits per heavy atom. The Kier molecular flexibility index (Phi) is 2.92. The van der Waals surface area contributed by atoms with E-state index in [4.69, 9.17) is 4.52 Å². The molecule has 4 rings (SSSR count). The molecule has 2 aliphatic rings. The zero-order valence-corrected chi connectivity index (χ0v) is 12.4. The molecule has 0 spiro atoms. The maximum atomic E-state index is 12.6. The summed E-state index contributed by atoms with van der Waals surface area (Å²) in [6.45, 7) is 3.76. The highest BCUT2D eigenvalue weighted by atomic mass is 16.5. The minimum Gasteiger partial charge on any atom is -0.361 e. The van der Waals surface area contributed by atoms with Gasteiger partial charge < -0.3 is 14.0 Å². The van der Waals surface area contributed by atoms with Crippen LogP contribution in [0.3, 0.4) is 0 Å². The second-order valence-corrected chi connectivity index (χ2v) is 6.23. The van der Waals surface area contributed by atoms with Crippen LogP contribution in [0.15, 0.2) is 33.6 Å². The fraction of sp³-hybridized carbons (Fsp3) is 0.438. The second kappa shape index (κ2) is 4.83. The van der Waals surface area contributed by atoms with E-state index in [2.05, 4.69) is 5.16 Å². The topological polar surface area (TPSA) is 68.3 Å². The lowest BCUT2D eigenvalue weighted by atomic mass is 9.83. The summed E-state index contributed by atoms with van der Waals surface area (Å²) >= 11 is 0. The number of aromatic nitrogens is 2. The minimum absolute atomic E-state index is 0.0547. The molecule has 2 unspecified atom stereocenters. The summed E-state index contributed by atoms with van der Waals surface area (Å²) in [7, 11) is 0. The third-order valence-corrected chi connectivity index (χ3v) is 4.61. The summed E-state index contributed by atoms with van der Waals surface area (Å²) in [5.41, 5.74) is 1.46. The molecule has 2 atom stereocenters. The van der Waals surface area contributed by atoms with E-state index < -0.39 is 0 Å². The fourth-order valence-electron chi connectivity index (χ4n) is 3.69. The number of nitrogens with zero attached hydrogens (tertiary/aromatic N) is 3. The maximum absolute atomic E-state index is 12.6. The lowest BCUT2D eigenvalue weighted by Crippen LogP contribution is -2.49. The fourth-order valence-corrected chi connectivity index (χ4v) is 3.69. The van der Waals surface area contributed by atoms with Gasteiger partial charge in [-0.1, -0.05) is 11.2 Å². The van der Waals surface area contributed by atoms with E-state index in [1.165, 1.54) is 0 Å². The van der Waals surface area contributed by atoms with Gasteiger partial charge in [0.05, 0.1) is 0 Å². The number of hydrogen-bond acceptors (Lipinski definition) is 4. The van der Waals surface area contributed by atoms with Crippen molar-refractivity contribution in [2.75, 3.05) is 13.1 Å². The third kappa shape index (κ3) is 2.06. The molecule has 2 aliphatic heterocycles. The molecule has 114 valence electrons. The molecule has 0 aliphatic carbocycles. The Morgan fingerprint density at radius 3 is 2.95 bits per heavy atom. The summed E-state index contributed by atoms with van der Waals surface area (Å²) in [5, 5.41) is 3.82. The van der Waals surface area contributed by atoms with Gasteiger partial charge in [-0.15, -0.1) is 0 Å². The molecule has 6 heteroatoms. The van der Waals surface area contributed by atoms with Crippen LogP contribution in [-0.2, 0) is 6.54 Å². The maximum Gasteiger partial charge on any atom is 0.276 e. The first kappa shape index (κ1) is 13.3. The number of piperidine rings is 1. The van der Waals surface area contributed by atoms with Crippen LogP contribution in [0.5, 0.6) is 0 Å². The minimum atomic E-state index is -0.0849. The first-order valence-corrected chi connectivity index (χ1v) is 7.54. The van der Waals surface area contributed by atoms with Gasteiger partial charge in [0.25, 0.3) is 11.5 Å². The summed E-state index contributed by atoms with van der Waals surface area (Å²) in [4.78, 5) is 26.4. The number of carbonyl (C=O) groups excluding carboxylic acids is 1. The molecule has 2 bridgehead atoms. The first-order valence-electron chi connectivity index (χ1n) is 7.54. The highest BCUT2D eigenvalue weighted by molar-refractivity contribution is 5.92. The number of amides is 1. The molecule has 22 heavy (non-hydrogen) atoms. The molecule has 1 fully saturated rings. The number of likely N-dealkylation sites (tertiary alicyclic amines) is 1. The normalized spacial score (nSPS) is 23.2. The number of aryl methyl sites for hydroxylation is 1. The Labute approximate surface area is 127 Å². The zero-order valence-electron chi connectivity index (χ0n) is 12.4. The van der Waals surface area contributed by atoms with E-state index in [1.54, 1.807) is 25.1 Å². The van der Waals surface area contributed by atoms with E-state index in [-0.39, 0.29) is 17.4 Å². The highest BCUT2D eigenvalue weighted by Crippen LogP contribution is 2.35. The predicted octanol–water partition coefficient (Wildman–Crippen LogP) is 1.40. The van der Waals surface area contributed by atoms with Crippen molar-refractivity contribution in [1.82, 2.24) is 14.6 Å². The summed E-state index contributed by atoms with van der Waals surface area (Å²) < 4.78 is 6.86. The molecule has 0 N–H and O–H groups in total. The van der Waals surface area contributed by atoms with E-state index >= 15 is 0 Å². The highest BCUT2D eigenvalue weighted by Gasteiger charge is 2.37. The largest absolute Gasteiger partial charge is 0.361 e. The second-order valence-electron chi connectivity index (χ2n) is 6.23. The number of pyridine rings is 1. The average Bonchev–Trinajstić information content (AvgIpc) is 2.94. The van der Waals surface area contributed by atoms with Gasteiger partial charge in [0.2, 0.25) is 0 Å². The number of hydrogen-bond donors (Lipinski definition) is 0. The van der Waals surface area contributed by atoms with Crippen LogP contribution < -0.4 is 5.56 Å². The van der Waals surface area contributed by atoms with Crippen molar-refractivity contribution in [2.24, 2.45) is 5.92 Å². The molecule has 6 nitrogen and oxygen atoms in total. The molecular weight excluding hydrogens is 282 g/mol. The lowest BCUT2D eigenvalue weighted by molar-refractivity contribution is 0.0584. The predicted molar refractivity (Wildman–Crippen MR) is 78.7 cm³/mol. The van der Waals surface area contributed by atoms with Crippen LogP contribution >= 0.6 is 0 Å². The van der Waals surface area contributed by atoms with E-state index in [1.807, 2.05) is 15.5 Å². The summed E-state index contributed by atoms with van der Waals surface area (Å²) in [5.74, 6) is 1.09. The number of carbonyl (C=O) groups is 1. The molecule has 4 heterocycles. The van der Waals surface area contributed by atoms with Crippen LogP contribution in [0.25, 0.3) is 0 Å². The monoisotopic (exact) mass is 299 g/mol. The molecule has 0 radical (unpaired) electrons. The van der Waals surface area contributed by atoms with Gasteiger partial charge in [-0.05, 0) is 25.3 Å². The average molecular weight is 299 g/mol. The van der Waals surface area contributed by atoms with Crippen LogP contribution in [0.1, 0.15) is 34.3 Å². The standard InChI is InChI=1S/C16H17N3O3/c1-10-5-13(17-22-10)16(21)18-7-11-6-12(9-18)14-3-2-4-15(20)19(14)8-11/h2-5,11-12H,6-9H2,1H3. The SMILES string of the molecule is Cc1cc(C(=O)N2CC3CC(C2)c2cccc(=O)n2C3)no1. The van der Waals surface area contributed by atoms with Gasteiger partial charge in [-0.25, -0.2) is 0 Å². The van der Waals surface area contributed by atoms with Crippen molar-refractivity contribution in [1.29, 1.82) is 0 Å². The van der Waals surface area contributed by atoms with Crippen LogP contribution in [-0.4, -0.2) is 33.6 Å². The Balaban J connectivity index is 1.64. The van der Waals surface area contributed by atoms with E-state index in [0.29, 0.717) is 37.0 Å². The molecular formula is C16H17N3O3. The molecule has 1 amide bonds. The van der Waals surface area contributed by atoms with Crippen molar-refractivity contribution in [2.45, 2.75) is 25.8 Å². The van der Waals surface area contributed by atoms with Gasteiger partial charge in [0.15, 0.2) is 5.69 Å². The van der Waals surface area contributed by atoms with Crippen molar-refractivity contribution < 1.29 is 9.32 Å². The lowest BCUT2D eigenvalue weighted by Gasteiger charge is -2.42. The van der Waals surface area contributed by atoms with Crippen molar-refractivity contribution in [3.63, 3.8) is 0 Å². The van der Waals surface area contributed by atoms with Crippen molar-refractivity contribution >= 4 is 5.91 Å². The molecule has 0 aromatic carbocycles. The van der Waals surface area contributed by atoms with Crippen LogP contribution in [0.4, 0.5) is 0 Å². The molecule has 1 saturated heterocycles. The van der Waals surface area contributed by atoms with Gasteiger partial charge in [-0.2, -0.15) is 0 Å². The van der Waals surface area contributed by atoms with Crippen LogP contribution in [0.2, 0.25) is 0 Å². The summed E-state index contributed by atoms with van der Waals surface area (Å²) in [6, 6.07) is 7.07. The van der Waals surface area contributed by atoms with Gasteiger partial charge in [0.1, 0.15) is 5.76 Å². The molecule has 2 aromatic heterocycles. The van der Waals surface area contributed by atoms with Crippen molar-refractivity contribution in [3.8, 4) is 0 Å². The van der Waals surface area contributed by atoms with Crippen molar-refractivity contribution in [3.05, 3.63) is 51.8 Å². The van der Waals surface area contributed by atoms with E-state index in [9.17, 15) is 9.59 Å². The Bertz CT molecular complexity index is 792. The quantitative estimate of drug-likeness (QED) is 0.798. The van der Waals surface area contributed by atoms with E-state index in [0.717, 1.165) is 12.1 Å². The zero-order chi connectivity index (χ0) is 15.3. The summed E-state index contributed by atoms with van der Waals surface area (Å²) in [6.07, 6.45) is 1.03. The molecule has 2 aromatic rings. The molecule has 0 saturated carbocycles. The van der Waals surface area contributed by atoms with Gasteiger partial charge in [0, 0.05) is 43.4 Å². The Morgan fingerprint density at radius 2 is 2.18 bits per heavy atom. The Hall–Kier alpha value is -2.37. The van der Waals surface area contributed by atoms with Gasteiger partial charge in [-0.3, -0.25) is 9.59 Å². The third-order valence-electron chi connectivity index (χ3n) is 4.61. The number of fused-ring (bicyclic) bond motifs is 4. The number of rotatable bonds is 1.